The number of nitrogens with zero attached hydrogens (tertiary/aromatic N) is 2. The van der Waals surface area contributed by atoms with E-state index in [2.05, 4.69) is 15.5 Å². The average Bonchev–Trinajstić information content (AvgIpc) is 2.95. The second-order valence-corrected chi connectivity index (χ2v) is 5.34. The molecule has 2 heterocycles. The van der Waals surface area contributed by atoms with E-state index < -0.39 is 11.9 Å². The van der Waals surface area contributed by atoms with Crippen LogP contribution in [0.2, 0.25) is 0 Å². The number of amides is 1. The third-order valence-corrected chi connectivity index (χ3v) is 3.42. The fraction of sp³-hybridized carbons (Fsp3) is 0.176. The number of hydrogen-bond acceptors (Lipinski definition) is 6. The van der Waals surface area contributed by atoms with Gasteiger partial charge in [0.05, 0.1) is 16.6 Å². The Morgan fingerprint density at radius 3 is 2.71 bits per heavy atom. The molecule has 0 saturated carbocycles. The van der Waals surface area contributed by atoms with Crippen molar-refractivity contribution in [2.45, 2.75) is 13.8 Å². The summed E-state index contributed by atoms with van der Waals surface area (Å²) in [6, 6.07) is 8.89. The molecule has 0 spiro atoms. The first-order chi connectivity index (χ1) is 11.5. The number of ether oxygens (including phenoxy) is 1. The number of benzene rings is 1. The number of carbonyl (C=O) groups is 2. The molecule has 122 valence electrons. The van der Waals surface area contributed by atoms with E-state index >= 15 is 0 Å². The normalized spacial score (nSPS) is 10.6. The van der Waals surface area contributed by atoms with Crippen LogP contribution in [0.15, 0.2) is 41.1 Å². The molecule has 2 aromatic heterocycles. The number of esters is 1. The van der Waals surface area contributed by atoms with Gasteiger partial charge in [-0.2, -0.15) is 0 Å². The highest BCUT2D eigenvalue weighted by atomic mass is 16.5. The van der Waals surface area contributed by atoms with Gasteiger partial charge in [-0.25, -0.2) is 9.78 Å². The molecule has 0 atom stereocenters. The Morgan fingerprint density at radius 1 is 1.21 bits per heavy atom. The Morgan fingerprint density at radius 2 is 1.96 bits per heavy atom. The van der Waals surface area contributed by atoms with Crippen LogP contribution in [0, 0.1) is 13.8 Å². The van der Waals surface area contributed by atoms with Crippen LogP contribution in [0.25, 0.3) is 11.1 Å². The van der Waals surface area contributed by atoms with Gasteiger partial charge in [0.15, 0.2) is 6.61 Å². The molecule has 0 aliphatic heterocycles. The molecule has 24 heavy (non-hydrogen) atoms. The van der Waals surface area contributed by atoms with Crippen LogP contribution < -0.4 is 5.32 Å². The highest BCUT2D eigenvalue weighted by Crippen LogP contribution is 2.17. The van der Waals surface area contributed by atoms with Crippen molar-refractivity contribution in [1.29, 1.82) is 0 Å². The van der Waals surface area contributed by atoms with E-state index in [1.807, 2.05) is 19.1 Å². The van der Waals surface area contributed by atoms with Crippen LogP contribution >= 0.6 is 0 Å². The second kappa shape index (κ2) is 6.49. The van der Waals surface area contributed by atoms with Gasteiger partial charge in [-0.05, 0) is 32.0 Å². The lowest BCUT2D eigenvalue weighted by molar-refractivity contribution is -0.119. The van der Waals surface area contributed by atoms with Crippen molar-refractivity contribution in [2.75, 3.05) is 11.9 Å². The van der Waals surface area contributed by atoms with Gasteiger partial charge in [0.25, 0.3) is 11.6 Å². The van der Waals surface area contributed by atoms with Crippen molar-refractivity contribution in [2.24, 2.45) is 0 Å². The first-order valence-electron chi connectivity index (χ1n) is 7.28. The number of aryl methyl sites for hydroxylation is 2. The van der Waals surface area contributed by atoms with E-state index in [1.54, 1.807) is 25.1 Å². The lowest BCUT2D eigenvalue weighted by Gasteiger charge is -2.07. The summed E-state index contributed by atoms with van der Waals surface area (Å²) in [5.74, 6) is -1.05. The van der Waals surface area contributed by atoms with Crippen molar-refractivity contribution in [3.63, 3.8) is 0 Å². The van der Waals surface area contributed by atoms with Crippen molar-refractivity contribution in [3.05, 3.63) is 53.3 Å². The molecule has 7 nitrogen and oxygen atoms in total. The number of nitrogens with one attached hydrogen (secondary N) is 1. The molecule has 1 amide bonds. The minimum Gasteiger partial charge on any atom is -0.452 e. The second-order valence-electron chi connectivity index (χ2n) is 5.34. The largest absolute Gasteiger partial charge is 0.452 e. The van der Waals surface area contributed by atoms with Crippen LogP contribution in [-0.2, 0) is 9.53 Å². The number of carbonyl (C=O) groups excluding carboxylic acids is 2. The molecule has 3 rings (SSSR count). The summed E-state index contributed by atoms with van der Waals surface area (Å²) in [5, 5.41) is 7.06. The summed E-state index contributed by atoms with van der Waals surface area (Å²) in [6.45, 7) is 3.32. The van der Waals surface area contributed by atoms with Crippen LogP contribution in [0.3, 0.4) is 0 Å². The monoisotopic (exact) mass is 325 g/mol. The van der Waals surface area contributed by atoms with Gasteiger partial charge in [0.2, 0.25) is 0 Å². The molecule has 1 aromatic carbocycles. The predicted molar refractivity (Wildman–Crippen MR) is 86.6 cm³/mol. The van der Waals surface area contributed by atoms with E-state index in [4.69, 9.17) is 9.26 Å². The molecule has 0 unspecified atom stereocenters. The number of rotatable bonds is 4. The fourth-order valence-electron chi connectivity index (χ4n) is 2.11. The quantitative estimate of drug-likeness (QED) is 0.741. The van der Waals surface area contributed by atoms with Gasteiger partial charge >= 0.3 is 5.97 Å². The number of fused-ring (bicyclic) bond motifs is 1. The number of anilines is 1. The van der Waals surface area contributed by atoms with Crippen LogP contribution in [0.4, 0.5) is 5.69 Å². The molecule has 7 heteroatoms. The first-order valence-corrected chi connectivity index (χ1v) is 7.28. The molecular formula is C17H15N3O4. The topological polar surface area (TPSA) is 94.3 Å². The first kappa shape index (κ1) is 15.7. The van der Waals surface area contributed by atoms with Crippen molar-refractivity contribution in [3.8, 4) is 0 Å². The van der Waals surface area contributed by atoms with Crippen LogP contribution in [0.1, 0.15) is 21.6 Å². The molecule has 1 N–H and O–H groups in total. The molecule has 0 saturated heterocycles. The van der Waals surface area contributed by atoms with Crippen molar-refractivity contribution in [1.82, 2.24) is 10.1 Å². The highest BCUT2D eigenvalue weighted by Gasteiger charge is 2.14. The molecule has 0 aliphatic carbocycles. The number of aromatic nitrogens is 2. The Kier molecular flexibility index (Phi) is 4.24. The summed E-state index contributed by atoms with van der Waals surface area (Å²) < 4.78 is 9.99. The Labute approximate surface area is 137 Å². The van der Waals surface area contributed by atoms with E-state index in [1.165, 1.54) is 6.20 Å². The van der Waals surface area contributed by atoms with Gasteiger partial charge in [0, 0.05) is 11.9 Å². The Balaban J connectivity index is 1.60. The number of hydrogen-bond donors (Lipinski definition) is 1. The van der Waals surface area contributed by atoms with E-state index in [-0.39, 0.29) is 12.2 Å². The summed E-state index contributed by atoms with van der Waals surface area (Å²) in [4.78, 5) is 27.9. The average molecular weight is 325 g/mol. The Hall–Kier alpha value is -3.22. The zero-order valence-electron chi connectivity index (χ0n) is 13.2. The summed E-state index contributed by atoms with van der Waals surface area (Å²) >= 11 is 0. The van der Waals surface area contributed by atoms with E-state index in [0.29, 0.717) is 22.5 Å². The molecule has 3 aromatic rings. The molecule has 0 aliphatic rings. The molecular weight excluding hydrogens is 310 g/mol. The van der Waals surface area contributed by atoms with Gasteiger partial charge in [0.1, 0.15) is 0 Å². The lowest BCUT2D eigenvalue weighted by Crippen LogP contribution is -2.21. The summed E-state index contributed by atoms with van der Waals surface area (Å²) in [7, 11) is 0. The minimum atomic E-state index is -0.635. The van der Waals surface area contributed by atoms with Crippen molar-refractivity contribution < 1.29 is 18.8 Å². The molecule has 0 fully saturated rings. The predicted octanol–water partition coefficient (Wildman–Crippen LogP) is 2.64. The van der Waals surface area contributed by atoms with Gasteiger partial charge in [-0.3, -0.25) is 4.79 Å². The van der Waals surface area contributed by atoms with Gasteiger partial charge < -0.3 is 14.6 Å². The zero-order chi connectivity index (χ0) is 17.1. The van der Waals surface area contributed by atoms with Gasteiger partial charge in [-0.1, -0.05) is 22.9 Å². The number of pyridine rings is 1. The third-order valence-electron chi connectivity index (χ3n) is 3.42. The Bertz CT molecular complexity index is 900. The lowest BCUT2D eigenvalue weighted by atomic mass is 10.2. The van der Waals surface area contributed by atoms with E-state index in [9.17, 15) is 9.59 Å². The summed E-state index contributed by atoms with van der Waals surface area (Å²) in [5.41, 5.74) is 2.94. The fourth-order valence-corrected chi connectivity index (χ4v) is 2.11. The third kappa shape index (κ3) is 3.40. The van der Waals surface area contributed by atoms with Gasteiger partial charge in [-0.15, -0.1) is 0 Å². The van der Waals surface area contributed by atoms with Crippen LogP contribution in [0.5, 0.6) is 0 Å². The maximum Gasteiger partial charge on any atom is 0.340 e. The highest BCUT2D eigenvalue weighted by molar-refractivity contribution is 5.96. The maximum absolute atomic E-state index is 12.0. The molecule has 0 radical (unpaired) electrons. The van der Waals surface area contributed by atoms with Crippen LogP contribution in [-0.4, -0.2) is 28.6 Å². The van der Waals surface area contributed by atoms with Crippen molar-refractivity contribution >= 4 is 28.7 Å². The zero-order valence-corrected chi connectivity index (χ0v) is 13.2. The van der Waals surface area contributed by atoms with E-state index in [0.717, 1.165) is 5.56 Å². The minimum absolute atomic E-state index is 0.233. The molecule has 0 bridgehead atoms. The standard InChI is InChI=1S/C17H15N3O4/c1-10-3-5-13(6-4-10)19-15(21)9-23-17(22)12-7-14-11(2)20-24-16(14)18-8-12/h3-8H,9H2,1-2H3,(H,19,21). The maximum atomic E-state index is 12.0. The summed E-state index contributed by atoms with van der Waals surface area (Å²) in [6.07, 6.45) is 1.33. The smallest absolute Gasteiger partial charge is 0.340 e. The SMILES string of the molecule is Cc1ccc(NC(=O)COC(=O)c2cnc3onc(C)c3c2)cc1.